The lowest BCUT2D eigenvalue weighted by atomic mass is 10.00. The van der Waals surface area contributed by atoms with E-state index in [9.17, 15) is 9.59 Å². The van der Waals surface area contributed by atoms with Crippen LogP contribution >= 0.6 is 11.3 Å². The molecule has 4 heterocycles. The summed E-state index contributed by atoms with van der Waals surface area (Å²) in [7, 11) is 0. The SMILES string of the molecule is O=C(C1=NO[C@@H]2CN(C(=O)c3cccs3)C[C@H]12)N1CCCC1. The van der Waals surface area contributed by atoms with E-state index in [0.29, 0.717) is 18.8 Å². The number of hydrogen-bond donors (Lipinski definition) is 0. The zero-order valence-electron chi connectivity index (χ0n) is 12.1. The highest BCUT2D eigenvalue weighted by Gasteiger charge is 2.47. The van der Waals surface area contributed by atoms with E-state index in [1.807, 2.05) is 22.4 Å². The predicted octanol–water partition coefficient (Wildman–Crippen LogP) is 1.20. The van der Waals surface area contributed by atoms with Crippen molar-refractivity contribution in [3.63, 3.8) is 0 Å². The Hall–Kier alpha value is -1.89. The van der Waals surface area contributed by atoms with Crippen molar-refractivity contribution < 1.29 is 14.4 Å². The summed E-state index contributed by atoms with van der Waals surface area (Å²) >= 11 is 1.44. The minimum Gasteiger partial charge on any atom is -0.389 e. The normalized spacial score (nSPS) is 26.8. The van der Waals surface area contributed by atoms with Crippen LogP contribution < -0.4 is 0 Å². The zero-order valence-corrected chi connectivity index (χ0v) is 12.9. The van der Waals surface area contributed by atoms with E-state index >= 15 is 0 Å². The second-order valence-corrected chi connectivity index (χ2v) is 6.86. The van der Waals surface area contributed by atoms with Gasteiger partial charge < -0.3 is 14.6 Å². The number of nitrogens with zero attached hydrogens (tertiary/aromatic N) is 3. The van der Waals surface area contributed by atoms with E-state index in [1.54, 1.807) is 4.90 Å². The molecule has 1 aromatic rings. The molecule has 0 radical (unpaired) electrons. The predicted molar refractivity (Wildman–Crippen MR) is 81.8 cm³/mol. The molecule has 2 fully saturated rings. The first-order valence-corrected chi connectivity index (χ1v) is 8.48. The summed E-state index contributed by atoms with van der Waals surface area (Å²) in [6, 6.07) is 3.70. The van der Waals surface area contributed by atoms with Gasteiger partial charge in [0, 0.05) is 19.6 Å². The van der Waals surface area contributed by atoms with Crippen LogP contribution in [0.5, 0.6) is 0 Å². The highest BCUT2D eigenvalue weighted by Crippen LogP contribution is 2.30. The van der Waals surface area contributed by atoms with Crippen LogP contribution in [0.3, 0.4) is 0 Å². The van der Waals surface area contributed by atoms with Crippen molar-refractivity contribution in [3.8, 4) is 0 Å². The average Bonchev–Trinajstić information content (AvgIpc) is 3.29. The summed E-state index contributed by atoms with van der Waals surface area (Å²) in [5.74, 6) is -0.0894. The highest BCUT2D eigenvalue weighted by molar-refractivity contribution is 7.12. The Kier molecular flexibility index (Phi) is 3.37. The molecule has 116 valence electrons. The van der Waals surface area contributed by atoms with Crippen molar-refractivity contribution in [2.45, 2.75) is 18.9 Å². The number of fused-ring (bicyclic) bond motifs is 1. The standard InChI is InChI=1S/C15H17N3O3S/c19-14(12-4-3-7-22-12)18-8-10-11(9-18)21-16-13(10)15(20)17-5-1-2-6-17/h3-4,7,10-11H,1-2,5-6,8-9H2/t10-,11+/m0/s1. The molecule has 4 rings (SSSR count). The van der Waals surface area contributed by atoms with E-state index < -0.39 is 0 Å². The summed E-state index contributed by atoms with van der Waals surface area (Å²) in [5.41, 5.74) is 0.494. The van der Waals surface area contributed by atoms with E-state index in [2.05, 4.69) is 5.16 Å². The third-order valence-corrected chi connectivity index (χ3v) is 5.39. The Bertz CT molecular complexity index is 622. The van der Waals surface area contributed by atoms with Gasteiger partial charge >= 0.3 is 0 Å². The smallest absolute Gasteiger partial charge is 0.272 e. The molecule has 22 heavy (non-hydrogen) atoms. The van der Waals surface area contributed by atoms with Gasteiger partial charge in [0.25, 0.3) is 11.8 Å². The van der Waals surface area contributed by atoms with Gasteiger partial charge in [-0.25, -0.2) is 0 Å². The topological polar surface area (TPSA) is 62.2 Å². The van der Waals surface area contributed by atoms with Crippen LogP contribution in [-0.4, -0.2) is 59.6 Å². The van der Waals surface area contributed by atoms with E-state index in [4.69, 9.17) is 4.84 Å². The van der Waals surface area contributed by atoms with Gasteiger partial charge in [-0.2, -0.15) is 0 Å². The number of amides is 2. The summed E-state index contributed by atoms with van der Waals surface area (Å²) in [5, 5.41) is 5.90. The Morgan fingerprint density at radius 1 is 1.18 bits per heavy atom. The van der Waals surface area contributed by atoms with Crippen LogP contribution in [0.2, 0.25) is 0 Å². The molecule has 0 aliphatic carbocycles. The van der Waals surface area contributed by atoms with Gasteiger partial charge in [-0.15, -0.1) is 11.3 Å². The summed E-state index contributed by atoms with van der Waals surface area (Å²) in [4.78, 5) is 34.7. The Morgan fingerprint density at radius 2 is 2.00 bits per heavy atom. The molecule has 0 saturated carbocycles. The second-order valence-electron chi connectivity index (χ2n) is 5.91. The van der Waals surface area contributed by atoms with Gasteiger partial charge in [0.05, 0.1) is 17.3 Å². The zero-order chi connectivity index (χ0) is 15.1. The average molecular weight is 319 g/mol. The van der Waals surface area contributed by atoms with Gasteiger partial charge in [-0.05, 0) is 24.3 Å². The molecule has 0 aromatic carbocycles. The Morgan fingerprint density at radius 3 is 2.73 bits per heavy atom. The molecule has 0 unspecified atom stereocenters. The van der Waals surface area contributed by atoms with Crippen molar-refractivity contribution >= 4 is 28.9 Å². The Balaban J connectivity index is 1.47. The number of carbonyl (C=O) groups excluding carboxylic acids is 2. The molecule has 6 nitrogen and oxygen atoms in total. The molecule has 0 spiro atoms. The van der Waals surface area contributed by atoms with Crippen LogP contribution in [0.1, 0.15) is 22.5 Å². The maximum atomic E-state index is 12.5. The molecular weight excluding hydrogens is 302 g/mol. The molecule has 2 amide bonds. The first-order chi connectivity index (χ1) is 10.7. The molecule has 3 aliphatic heterocycles. The summed E-state index contributed by atoms with van der Waals surface area (Å²) in [6.07, 6.45) is 1.93. The quantitative estimate of drug-likeness (QED) is 0.823. The molecular formula is C15H17N3O3S. The van der Waals surface area contributed by atoms with Gasteiger partial charge in [0.1, 0.15) is 0 Å². The van der Waals surface area contributed by atoms with E-state index in [1.165, 1.54) is 11.3 Å². The molecule has 2 atom stereocenters. The maximum absolute atomic E-state index is 12.5. The van der Waals surface area contributed by atoms with Crippen LogP contribution in [0.4, 0.5) is 0 Å². The Labute approximate surface area is 132 Å². The fraction of sp³-hybridized carbons (Fsp3) is 0.533. The van der Waals surface area contributed by atoms with Crippen molar-refractivity contribution in [2.75, 3.05) is 26.2 Å². The third-order valence-electron chi connectivity index (χ3n) is 4.54. The highest BCUT2D eigenvalue weighted by atomic mass is 32.1. The first-order valence-electron chi connectivity index (χ1n) is 7.60. The van der Waals surface area contributed by atoms with Gasteiger partial charge in [0.15, 0.2) is 11.8 Å². The lowest BCUT2D eigenvalue weighted by Gasteiger charge is -2.18. The maximum Gasteiger partial charge on any atom is 0.272 e. The fourth-order valence-electron chi connectivity index (χ4n) is 3.34. The van der Waals surface area contributed by atoms with Crippen LogP contribution in [0.15, 0.2) is 22.7 Å². The lowest BCUT2D eigenvalue weighted by molar-refractivity contribution is -0.123. The number of oxime groups is 1. The monoisotopic (exact) mass is 319 g/mol. The number of likely N-dealkylation sites (tertiary alicyclic amines) is 2. The number of carbonyl (C=O) groups is 2. The van der Waals surface area contributed by atoms with Crippen molar-refractivity contribution in [1.82, 2.24) is 9.80 Å². The minimum atomic E-state index is -0.175. The molecule has 2 saturated heterocycles. The summed E-state index contributed by atoms with van der Waals surface area (Å²) < 4.78 is 0. The fourth-order valence-corrected chi connectivity index (χ4v) is 4.03. The van der Waals surface area contributed by atoms with Gasteiger partial charge in [-0.1, -0.05) is 11.2 Å². The number of hydrogen-bond acceptors (Lipinski definition) is 5. The number of thiophene rings is 1. The van der Waals surface area contributed by atoms with Crippen LogP contribution in [-0.2, 0) is 9.63 Å². The van der Waals surface area contributed by atoms with Gasteiger partial charge in [-0.3, -0.25) is 9.59 Å². The van der Waals surface area contributed by atoms with Crippen molar-refractivity contribution in [2.24, 2.45) is 11.1 Å². The van der Waals surface area contributed by atoms with Gasteiger partial charge in [0.2, 0.25) is 0 Å². The lowest BCUT2D eigenvalue weighted by Crippen LogP contribution is -2.39. The molecule has 0 N–H and O–H groups in total. The largest absolute Gasteiger partial charge is 0.389 e. The van der Waals surface area contributed by atoms with E-state index in [-0.39, 0.29) is 23.8 Å². The second kappa shape index (κ2) is 5.39. The molecule has 1 aromatic heterocycles. The first kappa shape index (κ1) is 13.8. The number of rotatable bonds is 2. The van der Waals surface area contributed by atoms with Crippen molar-refractivity contribution in [1.29, 1.82) is 0 Å². The third kappa shape index (κ3) is 2.20. The molecule has 0 bridgehead atoms. The van der Waals surface area contributed by atoms with E-state index in [0.717, 1.165) is 30.8 Å². The summed E-state index contributed by atoms with van der Waals surface area (Å²) in [6.45, 7) is 2.61. The van der Waals surface area contributed by atoms with Crippen LogP contribution in [0.25, 0.3) is 0 Å². The molecule has 3 aliphatic rings. The van der Waals surface area contributed by atoms with Crippen molar-refractivity contribution in [3.05, 3.63) is 22.4 Å². The minimum absolute atomic E-state index is 0.0148. The molecule has 7 heteroatoms. The van der Waals surface area contributed by atoms with Crippen LogP contribution in [0, 0.1) is 5.92 Å².